The molecular formula is C8H13N3O5S. The average molecular weight is 263 g/mol. The second kappa shape index (κ2) is 5.87. The van der Waals surface area contributed by atoms with Gasteiger partial charge in [0, 0.05) is 5.75 Å². The summed E-state index contributed by atoms with van der Waals surface area (Å²) < 4.78 is 0. The molecule has 9 heteroatoms. The highest BCUT2D eigenvalue weighted by molar-refractivity contribution is 8.00. The van der Waals surface area contributed by atoms with Crippen molar-refractivity contribution < 1.29 is 24.6 Å². The first kappa shape index (κ1) is 13.8. The molecule has 0 saturated heterocycles. The molecule has 1 aliphatic rings. The maximum absolute atomic E-state index is 10.6. The number of hydroxylamine groups is 1. The predicted octanol–water partition coefficient (Wildman–Crippen LogP) is -1.71. The van der Waals surface area contributed by atoms with E-state index in [9.17, 15) is 9.59 Å². The Bertz CT molecular complexity index is 348. The number of thioether (sulfide) groups is 1. The van der Waals surface area contributed by atoms with Crippen LogP contribution < -0.4 is 16.9 Å². The molecule has 1 aliphatic heterocycles. The van der Waals surface area contributed by atoms with Gasteiger partial charge in [0.25, 0.3) is 0 Å². The summed E-state index contributed by atoms with van der Waals surface area (Å²) in [6.07, 6.45) is 1.48. The fourth-order valence-corrected chi connectivity index (χ4v) is 1.90. The molecule has 0 amide bonds. The second-order valence-electron chi connectivity index (χ2n) is 3.30. The van der Waals surface area contributed by atoms with Gasteiger partial charge in [0.15, 0.2) is 11.8 Å². The molecule has 17 heavy (non-hydrogen) atoms. The van der Waals surface area contributed by atoms with E-state index in [0.29, 0.717) is 0 Å². The Hall–Kier alpha value is -1.29. The molecule has 1 heterocycles. The van der Waals surface area contributed by atoms with Crippen LogP contribution in [-0.2, 0) is 14.4 Å². The third kappa shape index (κ3) is 3.89. The van der Waals surface area contributed by atoms with Gasteiger partial charge in [-0.25, -0.2) is 0 Å². The highest BCUT2D eigenvalue weighted by Gasteiger charge is 2.27. The topological polar surface area (TPSA) is 148 Å². The number of nitrogens with two attached hydrogens (primary N) is 2. The van der Waals surface area contributed by atoms with Crippen LogP contribution in [0.5, 0.6) is 0 Å². The van der Waals surface area contributed by atoms with E-state index in [-0.39, 0.29) is 16.9 Å². The minimum Gasteiger partial charge on any atom is -0.480 e. The molecule has 0 aromatic rings. The van der Waals surface area contributed by atoms with Crippen molar-refractivity contribution in [1.29, 1.82) is 0 Å². The zero-order valence-corrected chi connectivity index (χ0v) is 9.52. The molecule has 3 atom stereocenters. The first-order valence-corrected chi connectivity index (χ1v) is 5.69. The smallest absolute Gasteiger partial charge is 0.328 e. The van der Waals surface area contributed by atoms with Crippen molar-refractivity contribution in [3.05, 3.63) is 11.8 Å². The van der Waals surface area contributed by atoms with Crippen LogP contribution in [0.4, 0.5) is 0 Å². The van der Waals surface area contributed by atoms with Crippen LogP contribution in [0.3, 0.4) is 0 Å². The van der Waals surface area contributed by atoms with Gasteiger partial charge < -0.3 is 26.5 Å². The van der Waals surface area contributed by atoms with E-state index in [0.717, 1.165) is 0 Å². The van der Waals surface area contributed by atoms with Crippen LogP contribution in [0.1, 0.15) is 0 Å². The minimum atomic E-state index is -1.23. The monoisotopic (exact) mass is 263 g/mol. The van der Waals surface area contributed by atoms with Crippen molar-refractivity contribution in [2.75, 3.05) is 5.75 Å². The quantitative estimate of drug-likeness (QED) is 0.377. The van der Waals surface area contributed by atoms with E-state index in [1.54, 1.807) is 0 Å². The van der Waals surface area contributed by atoms with E-state index >= 15 is 0 Å². The van der Waals surface area contributed by atoms with Crippen molar-refractivity contribution in [2.24, 2.45) is 11.5 Å². The van der Waals surface area contributed by atoms with Gasteiger partial charge in [-0.05, 0) is 6.08 Å². The van der Waals surface area contributed by atoms with Crippen LogP contribution in [0.25, 0.3) is 0 Å². The number of rotatable bonds is 6. The lowest BCUT2D eigenvalue weighted by molar-refractivity contribution is -0.139. The zero-order valence-electron chi connectivity index (χ0n) is 8.70. The molecule has 0 saturated carbocycles. The Morgan fingerprint density at radius 1 is 1.47 bits per heavy atom. The summed E-state index contributed by atoms with van der Waals surface area (Å²) in [6.45, 7) is 0. The van der Waals surface area contributed by atoms with Crippen molar-refractivity contribution in [3.8, 4) is 0 Å². The van der Waals surface area contributed by atoms with Crippen molar-refractivity contribution in [3.63, 3.8) is 0 Å². The number of hydrogen-bond acceptors (Lipinski definition) is 7. The molecule has 0 bridgehead atoms. The van der Waals surface area contributed by atoms with Gasteiger partial charge in [0.1, 0.15) is 11.4 Å². The molecule has 0 spiro atoms. The van der Waals surface area contributed by atoms with Crippen molar-refractivity contribution in [2.45, 2.75) is 17.5 Å². The van der Waals surface area contributed by atoms with Crippen LogP contribution in [-0.4, -0.2) is 45.4 Å². The Balaban J connectivity index is 2.44. The number of aliphatic carboxylic acids is 2. The lowest BCUT2D eigenvalue weighted by Crippen LogP contribution is -2.34. The third-order valence-electron chi connectivity index (χ3n) is 1.95. The summed E-state index contributed by atoms with van der Waals surface area (Å²) in [5.41, 5.74) is 13.2. The summed E-state index contributed by atoms with van der Waals surface area (Å²) in [6, 6.07) is -2.21. The normalized spacial score (nSPS) is 22.5. The van der Waals surface area contributed by atoms with Gasteiger partial charge in [0.05, 0.1) is 0 Å². The summed E-state index contributed by atoms with van der Waals surface area (Å²) >= 11 is 1.19. The molecule has 3 unspecified atom stereocenters. The molecule has 0 aliphatic carbocycles. The number of carboxylic acids is 2. The van der Waals surface area contributed by atoms with Gasteiger partial charge in [-0.15, -0.1) is 17.2 Å². The molecule has 96 valence electrons. The van der Waals surface area contributed by atoms with Gasteiger partial charge in [-0.2, -0.15) is 0 Å². The van der Waals surface area contributed by atoms with E-state index in [1.165, 1.54) is 17.8 Å². The van der Waals surface area contributed by atoms with Crippen molar-refractivity contribution in [1.82, 2.24) is 5.48 Å². The summed E-state index contributed by atoms with van der Waals surface area (Å²) in [5, 5.41) is 16.8. The molecule has 0 fully saturated rings. The number of hydrogen-bond donors (Lipinski definition) is 5. The maximum atomic E-state index is 10.6. The Morgan fingerprint density at radius 2 is 2.12 bits per heavy atom. The first-order chi connectivity index (χ1) is 7.91. The summed E-state index contributed by atoms with van der Waals surface area (Å²) in [5.74, 6) is -2.03. The maximum Gasteiger partial charge on any atom is 0.328 e. The number of carboxylic acid groups (broad SMARTS) is 2. The highest BCUT2D eigenvalue weighted by atomic mass is 32.2. The first-order valence-electron chi connectivity index (χ1n) is 4.64. The molecular weight excluding hydrogens is 250 g/mol. The third-order valence-corrected chi connectivity index (χ3v) is 3.10. The fourth-order valence-electron chi connectivity index (χ4n) is 0.993. The molecule has 0 aromatic heterocycles. The van der Waals surface area contributed by atoms with Crippen LogP contribution in [0.15, 0.2) is 11.8 Å². The average Bonchev–Trinajstić information content (AvgIpc) is 2.72. The predicted molar refractivity (Wildman–Crippen MR) is 59.8 cm³/mol. The Kier molecular flexibility index (Phi) is 4.75. The van der Waals surface area contributed by atoms with E-state index in [2.05, 4.69) is 5.48 Å². The van der Waals surface area contributed by atoms with Gasteiger partial charge in [-0.3, -0.25) is 9.59 Å². The van der Waals surface area contributed by atoms with Crippen molar-refractivity contribution >= 4 is 23.7 Å². The number of nitrogens with one attached hydrogen (secondary N) is 1. The zero-order chi connectivity index (χ0) is 13.0. The SMILES string of the molecule is NC(CSC1C=C(C(N)C(=O)O)ON1)C(=O)O. The highest BCUT2D eigenvalue weighted by Crippen LogP contribution is 2.20. The number of carbonyl (C=O) groups is 2. The van der Waals surface area contributed by atoms with Gasteiger partial charge in [-0.1, -0.05) is 0 Å². The van der Waals surface area contributed by atoms with Crippen LogP contribution in [0, 0.1) is 0 Å². The summed E-state index contributed by atoms with van der Waals surface area (Å²) in [4.78, 5) is 25.9. The van der Waals surface area contributed by atoms with Gasteiger partial charge >= 0.3 is 11.9 Å². The lowest BCUT2D eigenvalue weighted by Gasteiger charge is -2.09. The molecule has 7 N–H and O–H groups in total. The Morgan fingerprint density at radius 3 is 2.65 bits per heavy atom. The molecule has 1 rings (SSSR count). The second-order valence-corrected chi connectivity index (χ2v) is 4.48. The lowest BCUT2D eigenvalue weighted by atomic mass is 10.2. The minimum absolute atomic E-state index is 0.0962. The van der Waals surface area contributed by atoms with E-state index < -0.39 is 24.0 Å². The van der Waals surface area contributed by atoms with Crippen LogP contribution >= 0.6 is 11.8 Å². The Labute approximate surface area is 101 Å². The molecule has 0 radical (unpaired) electrons. The fraction of sp³-hybridized carbons (Fsp3) is 0.500. The van der Waals surface area contributed by atoms with Crippen LogP contribution in [0.2, 0.25) is 0 Å². The van der Waals surface area contributed by atoms with E-state index in [4.69, 9.17) is 26.5 Å². The molecule has 8 nitrogen and oxygen atoms in total. The van der Waals surface area contributed by atoms with E-state index in [1.807, 2.05) is 0 Å². The summed E-state index contributed by atoms with van der Waals surface area (Å²) in [7, 11) is 0. The van der Waals surface area contributed by atoms with Gasteiger partial charge in [0.2, 0.25) is 0 Å². The molecule has 0 aromatic carbocycles. The standard InChI is InChI=1S/C8H13N3O5S/c9-3(7(12)13)2-17-5-1-4(16-11-5)6(10)8(14)15/h1,3,5-6,11H,2,9-10H2,(H,12,13)(H,14,15). The largest absolute Gasteiger partial charge is 0.480 e.